The van der Waals surface area contributed by atoms with Crippen LogP contribution in [0.5, 0.6) is 0 Å². The number of hydrogen-bond donors (Lipinski definition) is 0. The molecule has 93 valence electrons. The van der Waals surface area contributed by atoms with Crippen LogP contribution in [0.25, 0.3) is 10.8 Å². The summed E-state index contributed by atoms with van der Waals surface area (Å²) >= 11 is 8.53. The molecule has 2 aromatic carbocycles. The molecule has 5 heteroatoms. The number of fused-ring (bicyclic) bond motifs is 1. The van der Waals surface area contributed by atoms with Gasteiger partial charge in [-0.05, 0) is 0 Å². The zero-order chi connectivity index (χ0) is 12.2. The third-order valence-electron chi connectivity index (χ3n) is 2.48. The Morgan fingerprint density at radius 1 is 1.12 bits per heavy atom. The first-order valence-corrected chi connectivity index (χ1v) is 9.16. The molecule has 0 fully saturated rings. The van der Waals surface area contributed by atoms with Crippen LogP contribution in [0, 0.1) is 0 Å². The van der Waals surface area contributed by atoms with Crippen LogP contribution in [-0.4, -0.2) is 8.07 Å². The van der Waals surface area contributed by atoms with Crippen molar-refractivity contribution in [2.24, 2.45) is 0 Å². The molecule has 2 rings (SSSR count). The van der Waals surface area contributed by atoms with Gasteiger partial charge >= 0.3 is 0 Å². The summed E-state index contributed by atoms with van der Waals surface area (Å²) in [5.41, 5.74) is 0. The van der Waals surface area contributed by atoms with Crippen LogP contribution in [0.15, 0.2) is 36.4 Å². The Hall–Kier alpha value is 0.171. The second-order valence-electron chi connectivity index (χ2n) is 4.68. The molecule has 0 saturated carbocycles. The van der Waals surface area contributed by atoms with Crippen LogP contribution >= 0.6 is 23.7 Å². The molecule has 1 nitrogen and oxygen atoms in total. The molecule has 17 heavy (non-hydrogen) atoms. The van der Waals surface area contributed by atoms with Gasteiger partial charge in [0, 0.05) is 18.6 Å². The molecule has 0 atom stereocenters. The summed E-state index contributed by atoms with van der Waals surface area (Å²) < 4.78 is 3.19. The van der Waals surface area contributed by atoms with Gasteiger partial charge in [0.2, 0.25) is 0 Å². The van der Waals surface area contributed by atoms with Gasteiger partial charge in [-0.1, -0.05) is 25.7 Å². The van der Waals surface area contributed by atoms with Gasteiger partial charge in [0.25, 0.3) is 0 Å². The third-order valence-corrected chi connectivity index (χ3v) is 4.50. The molecule has 0 heterocycles. The zero-order valence-electron chi connectivity index (χ0n) is 10.1. The van der Waals surface area contributed by atoms with E-state index in [1.165, 1.54) is 10.8 Å². The smallest absolute Gasteiger partial charge is 0.0832 e. The van der Waals surface area contributed by atoms with Crippen molar-refractivity contribution in [2.45, 2.75) is 19.6 Å². The van der Waals surface area contributed by atoms with Crippen molar-refractivity contribution in [3.8, 4) is 0 Å². The van der Waals surface area contributed by atoms with Crippen molar-refractivity contribution >= 4 is 47.8 Å². The van der Waals surface area contributed by atoms with E-state index in [-0.39, 0.29) is 18.6 Å². The van der Waals surface area contributed by atoms with Gasteiger partial charge in [-0.25, -0.2) is 0 Å². The molecule has 1 radical (unpaired) electrons. The van der Waals surface area contributed by atoms with Gasteiger partial charge in [-0.15, -0.1) is 34.8 Å². The van der Waals surface area contributed by atoms with E-state index in [4.69, 9.17) is 0 Å². The molecule has 0 N–H and O–H groups in total. The Balaban J connectivity index is 0.000000583. The van der Waals surface area contributed by atoms with Crippen molar-refractivity contribution < 1.29 is 22.4 Å². The number of hydrogen-bond acceptors (Lipinski definition) is 1. The molecule has 0 amide bonds. The van der Waals surface area contributed by atoms with Gasteiger partial charge in [-0.3, -0.25) is 0 Å². The van der Waals surface area contributed by atoms with E-state index in [0.29, 0.717) is 0 Å². The van der Waals surface area contributed by atoms with Gasteiger partial charge in [-0.2, -0.15) is 15.3 Å². The Morgan fingerprint density at radius 3 is 2.12 bits per heavy atom. The molecule has 2 aromatic rings. The second-order valence-corrected chi connectivity index (χ2v) is 10.2. The average molecular weight is 325 g/mol. The predicted molar refractivity (Wildman–Crippen MR) is 75.3 cm³/mol. The van der Waals surface area contributed by atoms with Gasteiger partial charge in [0.15, 0.2) is 0 Å². The number of rotatable bonds is 1. The molecule has 0 spiro atoms. The van der Waals surface area contributed by atoms with Crippen LogP contribution in [0.2, 0.25) is 19.6 Å². The fourth-order valence-corrected chi connectivity index (χ4v) is 2.76. The summed E-state index contributed by atoms with van der Waals surface area (Å²) in [4.78, 5) is 0. The molecule has 0 aliphatic heterocycles. The molecule has 0 unspecified atom stereocenters. The van der Waals surface area contributed by atoms with Gasteiger partial charge in [0.1, 0.15) is 0 Å². The standard InChI is InChI=1S/C12H15Si.Cl2O.V/c1-13(2,3)12-8-10-6-4-5-7-11(10)9-12;1-3-2;/h4-9H,1-3H3;;/q-1;;. The van der Waals surface area contributed by atoms with E-state index in [1.54, 1.807) is 5.19 Å². The van der Waals surface area contributed by atoms with E-state index < -0.39 is 8.07 Å². The first kappa shape index (κ1) is 17.2. The maximum absolute atomic E-state index is 4.26. The summed E-state index contributed by atoms with van der Waals surface area (Å²) in [5, 5.41) is 4.34. The quantitative estimate of drug-likeness (QED) is 0.557. The maximum Gasteiger partial charge on any atom is 0.0832 e. The summed E-state index contributed by atoms with van der Waals surface area (Å²) in [7, 11) is -1.12. The van der Waals surface area contributed by atoms with Crippen LogP contribution in [-0.2, 0) is 22.4 Å². The number of halogens is 2. The summed E-state index contributed by atoms with van der Waals surface area (Å²) in [5.74, 6) is 0. The van der Waals surface area contributed by atoms with E-state index in [9.17, 15) is 0 Å². The minimum absolute atomic E-state index is 0. The van der Waals surface area contributed by atoms with Crippen molar-refractivity contribution in [1.82, 2.24) is 0 Å². The average Bonchev–Trinajstić information content (AvgIpc) is 2.61. The summed E-state index contributed by atoms with van der Waals surface area (Å²) in [6, 6.07) is 13.3. The molecular weight excluding hydrogens is 310 g/mol. The van der Waals surface area contributed by atoms with Gasteiger partial charge in [0.05, 0.1) is 31.8 Å². The normalized spacial score (nSPS) is 10.4. The summed E-state index contributed by atoms with van der Waals surface area (Å²) in [6.07, 6.45) is 0. The third kappa shape index (κ3) is 5.13. The van der Waals surface area contributed by atoms with Crippen molar-refractivity contribution in [3.63, 3.8) is 0 Å². The first-order valence-electron chi connectivity index (χ1n) is 5.04. The van der Waals surface area contributed by atoms with E-state index in [2.05, 4.69) is 83.6 Å². The van der Waals surface area contributed by atoms with Gasteiger partial charge < -0.3 is 0 Å². The van der Waals surface area contributed by atoms with E-state index in [1.807, 2.05) is 0 Å². The van der Waals surface area contributed by atoms with Crippen LogP contribution in [0.1, 0.15) is 0 Å². The topological polar surface area (TPSA) is 9.23 Å². The van der Waals surface area contributed by atoms with Crippen molar-refractivity contribution in [1.29, 1.82) is 0 Å². The Kier molecular flexibility index (Phi) is 7.65. The molecule has 0 aromatic heterocycles. The first-order chi connectivity index (χ1) is 7.49. The van der Waals surface area contributed by atoms with Crippen molar-refractivity contribution in [2.75, 3.05) is 0 Å². The van der Waals surface area contributed by atoms with Crippen molar-refractivity contribution in [3.05, 3.63) is 36.4 Å². The molecule has 0 bridgehead atoms. The number of benzene rings is 1. The molecule has 0 aliphatic rings. The minimum Gasteiger partial charge on any atom is -0.169 e. The SMILES string of the molecule is C[Si](C)(C)c1cc2ccccc2[cH-]1.ClOCl.[V]. The van der Waals surface area contributed by atoms with E-state index in [0.717, 1.165) is 0 Å². The second kappa shape index (κ2) is 7.57. The Morgan fingerprint density at radius 2 is 1.65 bits per heavy atom. The molecule has 0 aliphatic carbocycles. The summed E-state index contributed by atoms with van der Waals surface area (Å²) in [6.45, 7) is 7.17. The predicted octanol–water partition coefficient (Wildman–Crippen LogP) is 4.41. The van der Waals surface area contributed by atoms with Crippen LogP contribution < -0.4 is 5.19 Å². The Labute approximate surface area is 126 Å². The van der Waals surface area contributed by atoms with E-state index >= 15 is 0 Å². The molecular formula is C12H15Cl2OSiV-. The minimum atomic E-state index is -1.12. The maximum atomic E-state index is 4.26. The molecule has 0 saturated heterocycles. The zero-order valence-corrected chi connectivity index (χ0v) is 14.0. The fourth-order valence-electron chi connectivity index (χ4n) is 1.58. The fraction of sp³-hybridized carbons (Fsp3) is 0.250. The monoisotopic (exact) mass is 324 g/mol. The largest absolute Gasteiger partial charge is 0.169 e. The van der Waals surface area contributed by atoms with Crippen LogP contribution in [0.4, 0.5) is 0 Å². The van der Waals surface area contributed by atoms with Crippen LogP contribution in [0.3, 0.4) is 0 Å². The Bertz CT molecular complexity index is 418.